The summed E-state index contributed by atoms with van der Waals surface area (Å²) in [6.07, 6.45) is 0. The van der Waals surface area contributed by atoms with Gasteiger partial charge in [0.15, 0.2) is 11.6 Å². The minimum absolute atomic E-state index is 0.0702. The van der Waals surface area contributed by atoms with Crippen LogP contribution in [0.3, 0.4) is 0 Å². The zero-order valence-electron chi connectivity index (χ0n) is 27.3. The molecule has 0 saturated heterocycles. The molecule has 0 fully saturated rings. The van der Waals surface area contributed by atoms with Crippen LogP contribution >= 0.6 is 44.2 Å². The first-order valence-corrected chi connectivity index (χ1v) is 19.7. The molecule has 0 N–H and O–H groups in total. The van der Waals surface area contributed by atoms with E-state index in [0.29, 0.717) is 25.4 Å². The topological polar surface area (TPSA) is 52.6 Å². The van der Waals surface area contributed by atoms with Gasteiger partial charge in [0.25, 0.3) is 0 Å². The number of halogens is 3. The fourth-order valence-electron chi connectivity index (χ4n) is 4.89. The molecule has 0 bridgehead atoms. The number of ketones is 2. The van der Waals surface area contributed by atoms with Crippen LogP contribution in [-0.2, 0) is 13.2 Å². The van der Waals surface area contributed by atoms with Crippen LogP contribution in [0.4, 0.5) is 0 Å². The maximum atomic E-state index is 12.0. The zero-order chi connectivity index (χ0) is 34.7. The lowest BCUT2D eigenvalue weighted by Crippen LogP contribution is -2.02. The minimum atomic E-state index is 0.0702. The number of carbonyl (C=O) groups excluding carboxylic acids is 2. The van der Waals surface area contributed by atoms with Gasteiger partial charge in [-0.3, -0.25) is 9.59 Å². The summed E-state index contributed by atoms with van der Waals surface area (Å²) < 4.78 is 18.1. The lowest BCUT2D eigenvalue weighted by Gasteiger charge is -2.12. The van der Waals surface area contributed by atoms with Crippen LogP contribution in [0.2, 0.25) is 0 Å². The Bertz CT molecular complexity index is 1880. The maximum absolute atomic E-state index is 12.0. The van der Waals surface area contributed by atoms with E-state index in [2.05, 4.69) is 44.2 Å². The maximum Gasteiger partial charge on any atom is 0.173 e. The standard InChI is InChI=1S/C19H15BrO2.C19H16O2.C2H6.Br2/c20-12-18(21)16-10-11-19(17-9-5-4-8-15(16)17)22-13-14-6-2-1-3-7-14;1-14(20)16-11-12-19(18-10-6-5-9-17(16)18)21-13-15-7-3-2-4-8-15;2*1-2/h1-11H,12-13H2;2-12H,13H2,1H3;1-2H3;/i;;1D;. The third kappa shape index (κ3) is 10.6. The van der Waals surface area contributed by atoms with Crippen LogP contribution in [0.15, 0.2) is 133 Å². The molecule has 0 atom stereocenters. The smallest absolute Gasteiger partial charge is 0.173 e. The summed E-state index contributed by atoms with van der Waals surface area (Å²) in [7, 11) is 0. The molecule has 6 aromatic carbocycles. The largest absolute Gasteiger partial charge is 0.488 e. The van der Waals surface area contributed by atoms with E-state index in [1.807, 2.05) is 133 Å². The first kappa shape index (κ1) is 36.1. The van der Waals surface area contributed by atoms with Crippen molar-refractivity contribution in [2.75, 3.05) is 5.33 Å². The van der Waals surface area contributed by atoms with Crippen molar-refractivity contribution in [1.29, 1.82) is 0 Å². The van der Waals surface area contributed by atoms with Crippen LogP contribution in [-0.4, -0.2) is 16.9 Å². The van der Waals surface area contributed by atoms with E-state index in [1.165, 1.54) is 0 Å². The number of fused-ring (bicyclic) bond motifs is 2. The van der Waals surface area contributed by atoms with Crippen molar-refractivity contribution in [2.45, 2.75) is 34.0 Å². The minimum Gasteiger partial charge on any atom is -0.488 e. The molecule has 0 heterocycles. The van der Waals surface area contributed by atoms with E-state index in [-0.39, 0.29) is 11.6 Å². The van der Waals surface area contributed by atoms with Crippen molar-refractivity contribution < 1.29 is 20.4 Å². The summed E-state index contributed by atoms with van der Waals surface area (Å²) in [5.74, 6) is 1.75. The average Bonchev–Trinajstić information content (AvgIpc) is 3.14. The van der Waals surface area contributed by atoms with E-state index in [9.17, 15) is 9.59 Å². The molecule has 7 heteroatoms. The second-order valence-electron chi connectivity index (χ2n) is 9.98. The van der Waals surface area contributed by atoms with Crippen molar-refractivity contribution >= 4 is 77.3 Å². The molecule has 0 aliphatic carbocycles. The van der Waals surface area contributed by atoms with Gasteiger partial charge in [-0.2, -0.15) is 0 Å². The van der Waals surface area contributed by atoms with Gasteiger partial charge < -0.3 is 9.47 Å². The summed E-state index contributed by atoms with van der Waals surface area (Å²) >= 11 is 8.74. The van der Waals surface area contributed by atoms with Crippen LogP contribution in [0.25, 0.3) is 21.5 Å². The molecule has 0 amide bonds. The molecule has 6 aromatic rings. The van der Waals surface area contributed by atoms with Crippen LogP contribution in [0.5, 0.6) is 11.5 Å². The van der Waals surface area contributed by atoms with Gasteiger partial charge in [0.2, 0.25) is 0 Å². The monoisotopic (exact) mass is 819 g/mol. The molecule has 0 radical (unpaired) electrons. The summed E-state index contributed by atoms with van der Waals surface area (Å²) in [6, 6.07) is 43.2. The fourth-order valence-corrected chi connectivity index (χ4v) is 5.19. The third-order valence-corrected chi connectivity index (χ3v) is 7.55. The molecule has 6 rings (SSSR count). The van der Waals surface area contributed by atoms with Gasteiger partial charge in [-0.1, -0.05) is 139 Å². The number of carbonyl (C=O) groups is 2. The summed E-state index contributed by atoms with van der Waals surface area (Å²) in [4.78, 5) is 23.7. The van der Waals surface area contributed by atoms with Crippen molar-refractivity contribution in [3.8, 4) is 11.5 Å². The molecule has 0 aromatic heterocycles. The Balaban J connectivity index is 0.000000230. The zero-order valence-corrected chi connectivity index (χ0v) is 31.1. The fraction of sp³-hybridized carbons (Fsp3) is 0.150. The van der Waals surface area contributed by atoms with E-state index in [4.69, 9.17) is 10.8 Å². The lowest BCUT2D eigenvalue weighted by atomic mass is 10.0. The Kier molecular flexibility index (Phi) is 15.7. The number of rotatable bonds is 9. The Hall–Kier alpha value is -3.78. The highest BCUT2D eigenvalue weighted by molar-refractivity contribution is 9.93. The molecule has 0 aliphatic rings. The van der Waals surface area contributed by atoms with Crippen molar-refractivity contribution in [2.24, 2.45) is 0 Å². The van der Waals surface area contributed by atoms with Gasteiger partial charge in [0.1, 0.15) is 24.7 Å². The Labute approximate surface area is 302 Å². The van der Waals surface area contributed by atoms with Gasteiger partial charge >= 0.3 is 0 Å². The third-order valence-electron chi connectivity index (χ3n) is 7.04. The SMILES string of the molecule is BrBr.CC(=O)c1ccc(OCc2ccccc2)c2ccccc12.O=C(CBr)c1ccc(OCc2ccccc2)c2ccccc12.[2H]CC. The number of Topliss-reactive ketones (excluding diaryl/α,β-unsaturated/α-hetero) is 2. The number of hydrogen-bond donors (Lipinski definition) is 0. The predicted octanol–water partition coefficient (Wildman–Crippen LogP) is 12.3. The molecule has 0 unspecified atom stereocenters. The van der Waals surface area contributed by atoms with E-state index in [0.717, 1.165) is 55.3 Å². The van der Waals surface area contributed by atoms with Gasteiger partial charge in [-0.25, -0.2) is 0 Å². The quantitative estimate of drug-likeness (QED) is 0.108. The van der Waals surface area contributed by atoms with Crippen molar-refractivity contribution in [3.05, 3.63) is 156 Å². The van der Waals surface area contributed by atoms with Crippen LogP contribution in [0, 0.1) is 0 Å². The van der Waals surface area contributed by atoms with Crippen LogP contribution in [0.1, 0.15) is 54.0 Å². The van der Waals surface area contributed by atoms with E-state index >= 15 is 0 Å². The normalized spacial score (nSPS) is 10.2. The highest BCUT2D eigenvalue weighted by Gasteiger charge is 2.12. The lowest BCUT2D eigenvalue weighted by molar-refractivity contribution is 0.101. The number of hydrogen-bond acceptors (Lipinski definition) is 4. The molecule has 242 valence electrons. The highest BCUT2D eigenvalue weighted by Crippen LogP contribution is 2.31. The molecule has 47 heavy (non-hydrogen) atoms. The highest BCUT2D eigenvalue weighted by atomic mass is 80.9. The van der Waals surface area contributed by atoms with Gasteiger partial charge in [-0.05, 0) is 53.1 Å². The second-order valence-corrected chi connectivity index (χ2v) is 10.5. The first-order chi connectivity index (χ1) is 23.5. The predicted molar refractivity (Wildman–Crippen MR) is 207 cm³/mol. The molecular formula is C40H37Br3O4. The first-order valence-electron chi connectivity index (χ1n) is 15.6. The number of ether oxygens (including phenoxy) is 2. The Morgan fingerprint density at radius 1 is 0.574 bits per heavy atom. The summed E-state index contributed by atoms with van der Waals surface area (Å²) in [5, 5.41) is 4.13. The van der Waals surface area contributed by atoms with Gasteiger partial charge in [0, 0.05) is 51.5 Å². The molecular weight excluding hydrogens is 784 g/mol. The Morgan fingerprint density at radius 3 is 1.34 bits per heavy atom. The second kappa shape index (κ2) is 20.5. The van der Waals surface area contributed by atoms with E-state index in [1.54, 1.807) is 13.8 Å². The van der Waals surface area contributed by atoms with Gasteiger partial charge in [-0.15, -0.1) is 0 Å². The molecule has 0 spiro atoms. The molecule has 0 saturated carbocycles. The molecule has 4 nitrogen and oxygen atoms in total. The van der Waals surface area contributed by atoms with Crippen molar-refractivity contribution in [3.63, 3.8) is 0 Å². The molecule has 0 aliphatic heterocycles. The van der Waals surface area contributed by atoms with Crippen molar-refractivity contribution in [1.82, 2.24) is 0 Å². The Morgan fingerprint density at radius 2 is 0.936 bits per heavy atom. The van der Waals surface area contributed by atoms with Gasteiger partial charge in [0.05, 0.1) is 5.33 Å². The van der Waals surface area contributed by atoms with E-state index < -0.39 is 0 Å². The summed E-state index contributed by atoms with van der Waals surface area (Å²) in [5.41, 5.74) is 3.70. The summed E-state index contributed by atoms with van der Waals surface area (Å²) in [6.45, 7) is 4.91. The average molecular weight is 822 g/mol. The number of alkyl halides is 1. The van der Waals surface area contributed by atoms with Crippen LogP contribution < -0.4 is 9.47 Å². The number of benzene rings is 6.